The number of fused-ring (bicyclic) bond motifs is 1. The number of benzene rings is 1. The lowest BCUT2D eigenvalue weighted by atomic mass is 10.1. The number of rotatable bonds is 6. The minimum Gasteiger partial charge on any atom is -0.490 e. The van der Waals surface area contributed by atoms with Crippen LogP contribution in [0.5, 0.6) is 11.5 Å². The highest BCUT2D eigenvalue weighted by Gasteiger charge is 2.18. The van der Waals surface area contributed by atoms with Gasteiger partial charge in [0.1, 0.15) is 0 Å². The van der Waals surface area contributed by atoms with Gasteiger partial charge in [-0.1, -0.05) is 19.4 Å². The van der Waals surface area contributed by atoms with Gasteiger partial charge in [-0.15, -0.1) is 0 Å². The van der Waals surface area contributed by atoms with Crippen molar-refractivity contribution in [2.24, 2.45) is 0 Å². The molecule has 1 aromatic carbocycles. The van der Waals surface area contributed by atoms with Crippen molar-refractivity contribution in [2.75, 3.05) is 32.8 Å². The Morgan fingerprint density at radius 2 is 1.88 bits per heavy atom. The van der Waals surface area contributed by atoms with Crippen molar-refractivity contribution < 1.29 is 14.3 Å². The maximum atomic E-state index is 12.5. The summed E-state index contributed by atoms with van der Waals surface area (Å²) >= 11 is 0. The minimum absolute atomic E-state index is 0.0818. The fraction of sp³-hybridized carbons (Fsp3) is 0.650. The molecule has 5 nitrogen and oxygen atoms in total. The molecule has 0 radical (unpaired) electrons. The predicted molar refractivity (Wildman–Crippen MR) is 98.3 cm³/mol. The molecule has 25 heavy (non-hydrogen) atoms. The second-order valence-electron chi connectivity index (χ2n) is 7.04. The van der Waals surface area contributed by atoms with Crippen molar-refractivity contribution in [1.29, 1.82) is 0 Å². The molecule has 5 heteroatoms. The summed E-state index contributed by atoms with van der Waals surface area (Å²) in [6.45, 7) is 6.77. The molecule has 3 rings (SSSR count). The minimum atomic E-state index is 0.0818. The Hall–Kier alpha value is -1.75. The second-order valence-corrected chi connectivity index (χ2v) is 7.04. The van der Waals surface area contributed by atoms with Crippen molar-refractivity contribution in [3.63, 3.8) is 0 Å². The number of carbonyl (C=O) groups is 1. The molecule has 1 atom stereocenters. The number of nitrogens with one attached hydrogen (secondary N) is 1. The fourth-order valence-electron chi connectivity index (χ4n) is 3.51. The number of likely N-dealkylation sites (tertiary alicyclic amines) is 1. The van der Waals surface area contributed by atoms with Crippen LogP contribution in [0.4, 0.5) is 0 Å². The number of piperidine rings is 1. The average molecular weight is 346 g/mol. The highest BCUT2D eigenvalue weighted by Crippen LogP contribution is 2.30. The quantitative estimate of drug-likeness (QED) is 0.860. The molecule has 0 unspecified atom stereocenters. The first-order chi connectivity index (χ1) is 12.2. The molecule has 138 valence electrons. The van der Waals surface area contributed by atoms with E-state index in [9.17, 15) is 4.79 Å². The Morgan fingerprint density at radius 1 is 1.12 bits per heavy atom. The van der Waals surface area contributed by atoms with Crippen LogP contribution in [0, 0.1) is 0 Å². The Labute approximate surface area is 150 Å². The van der Waals surface area contributed by atoms with Crippen molar-refractivity contribution in [1.82, 2.24) is 10.2 Å². The van der Waals surface area contributed by atoms with Crippen LogP contribution in [0.25, 0.3) is 0 Å². The van der Waals surface area contributed by atoms with Gasteiger partial charge in [0.2, 0.25) is 5.91 Å². The van der Waals surface area contributed by atoms with E-state index in [1.54, 1.807) is 0 Å². The summed E-state index contributed by atoms with van der Waals surface area (Å²) in [6, 6.07) is 6.03. The van der Waals surface area contributed by atoms with Crippen LogP contribution in [-0.2, 0) is 11.2 Å². The highest BCUT2D eigenvalue weighted by molar-refractivity contribution is 5.79. The molecule has 2 aliphatic heterocycles. The fourth-order valence-corrected chi connectivity index (χ4v) is 3.51. The van der Waals surface area contributed by atoms with Gasteiger partial charge in [0, 0.05) is 19.0 Å². The van der Waals surface area contributed by atoms with Gasteiger partial charge in [0.25, 0.3) is 0 Å². The van der Waals surface area contributed by atoms with E-state index in [4.69, 9.17) is 9.47 Å². The average Bonchev–Trinajstić information content (AvgIpc) is 2.87. The van der Waals surface area contributed by atoms with E-state index in [2.05, 4.69) is 17.1 Å². The Morgan fingerprint density at radius 3 is 2.64 bits per heavy atom. The predicted octanol–water partition coefficient (Wildman–Crippen LogP) is 2.77. The zero-order chi connectivity index (χ0) is 17.5. The van der Waals surface area contributed by atoms with E-state index >= 15 is 0 Å². The van der Waals surface area contributed by atoms with Crippen molar-refractivity contribution in [3.05, 3.63) is 23.8 Å². The Kier molecular flexibility index (Phi) is 6.56. The van der Waals surface area contributed by atoms with Crippen LogP contribution < -0.4 is 14.8 Å². The number of nitrogens with zero attached hydrogens (tertiary/aromatic N) is 1. The van der Waals surface area contributed by atoms with E-state index in [1.807, 2.05) is 18.2 Å². The summed E-state index contributed by atoms with van der Waals surface area (Å²) in [7, 11) is 0. The standard InChI is InChI=1S/C20H30N2O3/c1-2-17(15-22-9-4-3-5-10-22)21-20(23)14-16-7-8-18-19(13-16)25-12-6-11-24-18/h7-8,13,17H,2-6,9-12,14-15H2,1H3,(H,21,23)/t17-/m0/s1. The summed E-state index contributed by atoms with van der Waals surface area (Å²) < 4.78 is 11.4. The van der Waals surface area contributed by atoms with Crippen LogP contribution in [-0.4, -0.2) is 49.7 Å². The molecule has 1 fully saturated rings. The van der Waals surface area contributed by atoms with E-state index in [0.717, 1.165) is 49.5 Å². The molecular weight excluding hydrogens is 316 g/mol. The van der Waals surface area contributed by atoms with E-state index in [1.165, 1.54) is 19.3 Å². The lowest BCUT2D eigenvalue weighted by Crippen LogP contribution is -2.45. The molecule has 2 aliphatic rings. The maximum absolute atomic E-state index is 12.5. The molecule has 0 bridgehead atoms. The van der Waals surface area contributed by atoms with Crippen LogP contribution in [0.1, 0.15) is 44.6 Å². The number of carbonyl (C=O) groups excluding carboxylic acids is 1. The number of ether oxygens (including phenoxy) is 2. The van der Waals surface area contributed by atoms with Crippen molar-refractivity contribution in [3.8, 4) is 11.5 Å². The normalized spacial score (nSPS) is 19.1. The van der Waals surface area contributed by atoms with Crippen LogP contribution in [0.15, 0.2) is 18.2 Å². The first kappa shape index (κ1) is 18.1. The smallest absolute Gasteiger partial charge is 0.224 e. The molecular formula is C20H30N2O3. The molecule has 2 heterocycles. The molecule has 1 saturated heterocycles. The third-order valence-electron chi connectivity index (χ3n) is 4.96. The second kappa shape index (κ2) is 9.09. The van der Waals surface area contributed by atoms with Gasteiger partial charge >= 0.3 is 0 Å². The van der Waals surface area contributed by atoms with Gasteiger partial charge in [-0.2, -0.15) is 0 Å². The monoisotopic (exact) mass is 346 g/mol. The van der Waals surface area contributed by atoms with E-state index in [-0.39, 0.29) is 11.9 Å². The molecule has 1 amide bonds. The summed E-state index contributed by atoms with van der Waals surface area (Å²) in [5.41, 5.74) is 0.967. The van der Waals surface area contributed by atoms with Crippen LogP contribution in [0.2, 0.25) is 0 Å². The Balaban J connectivity index is 1.53. The van der Waals surface area contributed by atoms with Crippen molar-refractivity contribution in [2.45, 2.75) is 51.5 Å². The molecule has 0 aliphatic carbocycles. The number of hydrogen-bond donors (Lipinski definition) is 1. The lowest BCUT2D eigenvalue weighted by Gasteiger charge is -2.30. The number of amides is 1. The topological polar surface area (TPSA) is 50.8 Å². The van der Waals surface area contributed by atoms with Crippen molar-refractivity contribution >= 4 is 5.91 Å². The van der Waals surface area contributed by atoms with Gasteiger partial charge in [-0.05, 0) is 50.0 Å². The summed E-state index contributed by atoms with van der Waals surface area (Å²) in [4.78, 5) is 14.9. The molecule has 0 saturated carbocycles. The highest BCUT2D eigenvalue weighted by atomic mass is 16.5. The van der Waals surface area contributed by atoms with Gasteiger partial charge in [0.15, 0.2) is 11.5 Å². The SMILES string of the molecule is CC[C@@H](CN1CCCCC1)NC(=O)Cc1ccc2c(c1)OCCCO2. The Bertz CT molecular complexity index is 570. The van der Waals surface area contributed by atoms with Gasteiger partial charge in [-0.3, -0.25) is 4.79 Å². The van der Waals surface area contributed by atoms with Gasteiger partial charge < -0.3 is 19.7 Å². The first-order valence-electron chi connectivity index (χ1n) is 9.65. The summed E-state index contributed by atoms with van der Waals surface area (Å²) in [5, 5.41) is 3.20. The zero-order valence-electron chi connectivity index (χ0n) is 15.3. The van der Waals surface area contributed by atoms with Crippen LogP contribution >= 0.6 is 0 Å². The summed E-state index contributed by atoms with van der Waals surface area (Å²) in [6.07, 6.45) is 6.13. The summed E-state index contributed by atoms with van der Waals surface area (Å²) in [5.74, 6) is 1.61. The maximum Gasteiger partial charge on any atom is 0.224 e. The first-order valence-corrected chi connectivity index (χ1v) is 9.65. The molecule has 0 spiro atoms. The van der Waals surface area contributed by atoms with Gasteiger partial charge in [-0.25, -0.2) is 0 Å². The molecule has 1 aromatic rings. The largest absolute Gasteiger partial charge is 0.490 e. The van der Waals surface area contributed by atoms with Gasteiger partial charge in [0.05, 0.1) is 19.6 Å². The van der Waals surface area contributed by atoms with Crippen LogP contribution in [0.3, 0.4) is 0 Å². The lowest BCUT2D eigenvalue weighted by molar-refractivity contribution is -0.121. The third kappa shape index (κ3) is 5.36. The zero-order valence-corrected chi connectivity index (χ0v) is 15.3. The van der Waals surface area contributed by atoms with E-state index < -0.39 is 0 Å². The molecule has 1 N–H and O–H groups in total. The number of hydrogen-bond acceptors (Lipinski definition) is 4. The molecule has 0 aromatic heterocycles. The third-order valence-corrected chi connectivity index (χ3v) is 4.96. The van der Waals surface area contributed by atoms with E-state index in [0.29, 0.717) is 19.6 Å².